The molecule has 1 atom stereocenters. The van der Waals surface area contributed by atoms with Crippen LogP contribution in [0, 0.1) is 5.82 Å². The van der Waals surface area contributed by atoms with E-state index in [-0.39, 0.29) is 17.6 Å². The molecule has 0 aliphatic carbocycles. The lowest BCUT2D eigenvalue weighted by atomic mass is 10.0. The van der Waals surface area contributed by atoms with Gasteiger partial charge in [0.2, 0.25) is 18.0 Å². The summed E-state index contributed by atoms with van der Waals surface area (Å²) in [6.07, 6.45) is -0.854. The molecular weight excluding hydrogens is 375 g/mol. The molecule has 1 aliphatic rings. The molecular formula is C22H17FN2O4. The van der Waals surface area contributed by atoms with E-state index in [1.54, 1.807) is 6.07 Å². The van der Waals surface area contributed by atoms with E-state index in [4.69, 9.17) is 9.47 Å². The van der Waals surface area contributed by atoms with Gasteiger partial charge in [0.1, 0.15) is 11.6 Å². The van der Waals surface area contributed by atoms with Crippen LogP contribution < -0.4 is 4.74 Å². The summed E-state index contributed by atoms with van der Waals surface area (Å²) >= 11 is 0. The number of esters is 1. The Balaban J connectivity index is 1.84. The van der Waals surface area contributed by atoms with Gasteiger partial charge in [-0.15, -0.1) is 5.10 Å². The van der Waals surface area contributed by atoms with Gasteiger partial charge in [0.15, 0.2) is 0 Å². The number of amides is 1. The number of fused-ring (bicyclic) bond motifs is 1. The zero-order valence-electron chi connectivity index (χ0n) is 15.8. The van der Waals surface area contributed by atoms with Gasteiger partial charge in [0.25, 0.3) is 0 Å². The maximum atomic E-state index is 13.3. The predicted octanol–water partition coefficient (Wildman–Crippen LogP) is 4.14. The predicted molar refractivity (Wildman–Crippen MR) is 105 cm³/mol. The Morgan fingerprint density at radius 3 is 2.45 bits per heavy atom. The van der Waals surface area contributed by atoms with Crippen LogP contribution in [0.4, 0.5) is 4.39 Å². The SMILES string of the molecule is CC(=O)Oc1ccc2ccccc2c1C1=NN(C(C)=O)C(c2ccc(F)cc2)O1. The first-order valence-corrected chi connectivity index (χ1v) is 8.95. The largest absolute Gasteiger partial charge is 0.446 e. The van der Waals surface area contributed by atoms with Crippen molar-refractivity contribution in [3.8, 4) is 5.75 Å². The Morgan fingerprint density at radius 2 is 1.76 bits per heavy atom. The fraction of sp³-hybridized carbons (Fsp3) is 0.136. The van der Waals surface area contributed by atoms with Gasteiger partial charge in [-0.3, -0.25) is 9.59 Å². The monoisotopic (exact) mass is 392 g/mol. The molecule has 3 aromatic rings. The van der Waals surface area contributed by atoms with E-state index in [0.717, 1.165) is 10.8 Å². The zero-order chi connectivity index (χ0) is 20.5. The van der Waals surface area contributed by atoms with Crippen molar-refractivity contribution < 1.29 is 23.5 Å². The van der Waals surface area contributed by atoms with Crippen molar-refractivity contribution in [1.82, 2.24) is 5.01 Å². The number of carbonyl (C=O) groups is 2. The third kappa shape index (κ3) is 3.54. The number of rotatable bonds is 3. The number of ether oxygens (including phenoxy) is 2. The maximum Gasteiger partial charge on any atom is 0.308 e. The normalized spacial score (nSPS) is 15.8. The lowest BCUT2D eigenvalue weighted by Crippen LogP contribution is -2.25. The average molecular weight is 392 g/mol. The summed E-state index contributed by atoms with van der Waals surface area (Å²) in [5, 5.41) is 7.18. The number of hydrogen-bond donors (Lipinski definition) is 0. The first-order valence-electron chi connectivity index (χ1n) is 8.95. The molecule has 0 fully saturated rings. The van der Waals surface area contributed by atoms with E-state index in [2.05, 4.69) is 5.10 Å². The molecule has 3 aromatic carbocycles. The highest BCUT2D eigenvalue weighted by Gasteiger charge is 2.35. The van der Waals surface area contributed by atoms with Gasteiger partial charge in [0.05, 0.1) is 5.56 Å². The minimum absolute atomic E-state index is 0.141. The number of hydrazone groups is 1. The van der Waals surface area contributed by atoms with Crippen molar-refractivity contribution in [3.05, 3.63) is 77.6 Å². The van der Waals surface area contributed by atoms with Crippen molar-refractivity contribution in [3.63, 3.8) is 0 Å². The van der Waals surface area contributed by atoms with Crippen molar-refractivity contribution in [2.24, 2.45) is 5.10 Å². The Bertz CT molecular complexity index is 1140. The summed E-state index contributed by atoms with van der Waals surface area (Å²) in [4.78, 5) is 23.8. The Hall–Kier alpha value is -3.74. The first-order chi connectivity index (χ1) is 13.9. The second-order valence-electron chi connectivity index (χ2n) is 6.54. The van der Waals surface area contributed by atoms with Crippen LogP contribution in [-0.2, 0) is 14.3 Å². The third-order valence-electron chi connectivity index (χ3n) is 4.48. The van der Waals surface area contributed by atoms with E-state index in [1.165, 1.54) is 43.1 Å². The third-order valence-corrected chi connectivity index (χ3v) is 4.48. The minimum Gasteiger partial charge on any atom is -0.446 e. The number of nitrogens with zero attached hydrogens (tertiary/aromatic N) is 2. The van der Waals surface area contributed by atoms with E-state index >= 15 is 0 Å². The van der Waals surface area contributed by atoms with Gasteiger partial charge in [-0.05, 0) is 29.0 Å². The summed E-state index contributed by atoms with van der Waals surface area (Å²) in [5.41, 5.74) is 1.03. The lowest BCUT2D eigenvalue weighted by molar-refractivity contribution is -0.135. The fourth-order valence-corrected chi connectivity index (χ4v) is 3.22. The lowest BCUT2D eigenvalue weighted by Gasteiger charge is -2.19. The van der Waals surface area contributed by atoms with Gasteiger partial charge < -0.3 is 9.47 Å². The van der Waals surface area contributed by atoms with Gasteiger partial charge in [0, 0.05) is 19.4 Å². The van der Waals surface area contributed by atoms with E-state index in [1.807, 2.05) is 30.3 Å². The number of carbonyl (C=O) groups excluding carboxylic acids is 2. The van der Waals surface area contributed by atoms with Crippen molar-refractivity contribution in [2.45, 2.75) is 20.1 Å². The molecule has 1 amide bonds. The molecule has 29 heavy (non-hydrogen) atoms. The summed E-state index contributed by atoms with van der Waals surface area (Å²) in [7, 11) is 0. The Kier molecular flexibility index (Phi) is 4.72. The molecule has 0 saturated carbocycles. The Labute approximate surface area is 166 Å². The van der Waals surface area contributed by atoms with Crippen LogP contribution in [-0.4, -0.2) is 22.8 Å². The van der Waals surface area contributed by atoms with Crippen LogP contribution in [0.1, 0.15) is 31.2 Å². The standard InChI is InChI=1S/C22H17FN2O4/c1-13(26)25-22(16-7-10-17(23)11-8-16)29-21(24-25)20-18-6-4-3-5-15(18)9-12-19(20)28-14(2)27/h3-12,22H,1-2H3. The van der Waals surface area contributed by atoms with Crippen LogP contribution in [0.2, 0.25) is 0 Å². The van der Waals surface area contributed by atoms with Crippen molar-refractivity contribution >= 4 is 28.5 Å². The molecule has 0 saturated heterocycles. The molecule has 0 bridgehead atoms. The Morgan fingerprint density at radius 1 is 1.03 bits per heavy atom. The first kappa shape index (κ1) is 18.6. The molecule has 0 radical (unpaired) electrons. The molecule has 1 aliphatic heterocycles. The fourth-order valence-electron chi connectivity index (χ4n) is 3.22. The number of hydrogen-bond acceptors (Lipinski definition) is 5. The van der Waals surface area contributed by atoms with Crippen LogP contribution >= 0.6 is 0 Å². The summed E-state index contributed by atoms with van der Waals surface area (Å²) in [6.45, 7) is 2.67. The quantitative estimate of drug-likeness (QED) is 0.496. The highest BCUT2D eigenvalue weighted by molar-refractivity contribution is 6.10. The van der Waals surface area contributed by atoms with Crippen LogP contribution in [0.25, 0.3) is 10.8 Å². The van der Waals surface area contributed by atoms with E-state index in [0.29, 0.717) is 11.1 Å². The second-order valence-corrected chi connectivity index (χ2v) is 6.54. The summed E-state index contributed by atoms with van der Waals surface area (Å²) in [6, 6.07) is 16.6. The van der Waals surface area contributed by atoms with Crippen molar-refractivity contribution in [1.29, 1.82) is 0 Å². The van der Waals surface area contributed by atoms with Gasteiger partial charge >= 0.3 is 5.97 Å². The van der Waals surface area contributed by atoms with Gasteiger partial charge in [-0.25, -0.2) is 4.39 Å². The molecule has 4 rings (SSSR count). The highest BCUT2D eigenvalue weighted by atomic mass is 19.1. The van der Waals surface area contributed by atoms with Gasteiger partial charge in [-0.2, -0.15) is 5.01 Å². The van der Waals surface area contributed by atoms with Crippen LogP contribution in [0.15, 0.2) is 65.8 Å². The van der Waals surface area contributed by atoms with Crippen molar-refractivity contribution in [2.75, 3.05) is 0 Å². The minimum atomic E-state index is -0.854. The van der Waals surface area contributed by atoms with E-state index < -0.39 is 18.0 Å². The molecule has 0 N–H and O–H groups in total. The average Bonchev–Trinajstić information content (AvgIpc) is 3.13. The smallest absolute Gasteiger partial charge is 0.308 e. The number of halogens is 1. The molecule has 0 aromatic heterocycles. The van der Waals surface area contributed by atoms with Crippen LogP contribution in [0.3, 0.4) is 0 Å². The summed E-state index contributed by atoms with van der Waals surface area (Å²) < 4.78 is 24.7. The molecule has 1 unspecified atom stereocenters. The molecule has 0 spiro atoms. The summed E-state index contributed by atoms with van der Waals surface area (Å²) in [5.74, 6) is -0.809. The number of benzene rings is 3. The van der Waals surface area contributed by atoms with Gasteiger partial charge in [-0.1, -0.05) is 42.5 Å². The molecule has 7 heteroatoms. The molecule has 6 nitrogen and oxygen atoms in total. The van der Waals surface area contributed by atoms with Crippen LogP contribution in [0.5, 0.6) is 5.75 Å². The highest BCUT2D eigenvalue weighted by Crippen LogP contribution is 2.36. The molecule has 1 heterocycles. The topological polar surface area (TPSA) is 68.2 Å². The van der Waals surface area contributed by atoms with E-state index in [9.17, 15) is 14.0 Å². The maximum absolute atomic E-state index is 13.3. The second kappa shape index (κ2) is 7.35. The molecule has 146 valence electrons. The zero-order valence-corrected chi connectivity index (χ0v) is 15.8.